The van der Waals surface area contributed by atoms with Crippen LogP contribution in [0.4, 0.5) is 5.13 Å². The molecule has 0 aliphatic rings. The van der Waals surface area contributed by atoms with Crippen LogP contribution in [0.15, 0.2) is 29.8 Å². The van der Waals surface area contributed by atoms with E-state index in [9.17, 15) is 0 Å². The summed E-state index contributed by atoms with van der Waals surface area (Å²) in [6.07, 6.45) is 2.76. The van der Waals surface area contributed by atoms with E-state index in [0.29, 0.717) is 18.2 Å². The number of aromatic nitrogens is 1. The number of nitrogens with zero attached hydrogens (tertiary/aromatic N) is 1. The number of halogens is 1. The third kappa shape index (κ3) is 3.62. The predicted molar refractivity (Wildman–Crippen MR) is 76.7 cm³/mol. The Kier molecular flexibility index (Phi) is 4.84. The standard InChI is InChI=1S/C13H15ClN2OS/c1-2-6-17-12-4-3-10(8-11(12)14)9-16-13-15-5-7-18-13/h3-5,7-8H,2,6,9H2,1H3,(H,15,16). The maximum absolute atomic E-state index is 6.16. The SMILES string of the molecule is CCCOc1ccc(CNc2nccs2)cc1Cl. The largest absolute Gasteiger partial charge is 0.492 e. The van der Waals surface area contributed by atoms with Crippen molar-refractivity contribution in [2.45, 2.75) is 19.9 Å². The van der Waals surface area contributed by atoms with Gasteiger partial charge in [0.2, 0.25) is 0 Å². The van der Waals surface area contributed by atoms with Gasteiger partial charge in [-0.3, -0.25) is 0 Å². The van der Waals surface area contributed by atoms with E-state index < -0.39 is 0 Å². The number of hydrogen-bond acceptors (Lipinski definition) is 4. The molecule has 5 heteroatoms. The van der Waals surface area contributed by atoms with Gasteiger partial charge in [0.25, 0.3) is 0 Å². The molecule has 0 fully saturated rings. The zero-order valence-electron chi connectivity index (χ0n) is 10.1. The van der Waals surface area contributed by atoms with Crippen molar-refractivity contribution in [1.29, 1.82) is 0 Å². The number of rotatable bonds is 6. The van der Waals surface area contributed by atoms with Gasteiger partial charge < -0.3 is 10.1 Å². The minimum absolute atomic E-state index is 0.655. The fourth-order valence-electron chi connectivity index (χ4n) is 1.47. The third-order valence-corrected chi connectivity index (χ3v) is 3.36. The second kappa shape index (κ2) is 6.61. The quantitative estimate of drug-likeness (QED) is 0.862. The number of thiazole rings is 1. The fourth-order valence-corrected chi connectivity index (χ4v) is 2.26. The van der Waals surface area contributed by atoms with Crippen LogP contribution in [0.1, 0.15) is 18.9 Å². The van der Waals surface area contributed by atoms with Gasteiger partial charge in [-0.1, -0.05) is 24.6 Å². The van der Waals surface area contributed by atoms with Gasteiger partial charge >= 0.3 is 0 Å². The van der Waals surface area contributed by atoms with Crippen LogP contribution in [-0.2, 0) is 6.54 Å². The van der Waals surface area contributed by atoms with Gasteiger partial charge in [0.1, 0.15) is 5.75 Å². The van der Waals surface area contributed by atoms with Crippen molar-refractivity contribution in [3.8, 4) is 5.75 Å². The topological polar surface area (TPSA) is 34.1 Å². The maximum Gasteiger partial charge on any atom is 0.182 e. The Morgan fingerprint density at radius 1 is 1.44 bits per heavy atom. The van der Waals surface area contributed by atoms with Crippen molar-refractivity contribution in [3.05, 3.63) is 40.4 Å². The van der Waals surface area contributed by atoms with Gasteiger partial charge in [-0.25, -0.2) is 4.98 Å². The summed E-state index contributed by atoms with van der Waals surface area (Å²) in [6.45, 7) is 3.47. The number of anilines is 1. The van der Waals surface area contributed by atoms with Crippen LogP contribution in [0.25, 0.3) is 0 Å². The zero-order valence-corrected chi connectivity index (χ0v) is 11.7. The summed E-state index contributed by atoms with van der Waals surface area (Å²) in [6, 6.07) is 5.85. The summed E-state index contributed by atoms with van der Waals surface area (Å²) >= 11 is 7.74. The molecule has 2 rings (SSSR count). The second-order valence-electron chi connectivity index (χ2n) is 3.80. The third-order valence-electron chi connectivity index (χ3n) is 2.33. The molecule has 18 heavy (non-hydrogen) atoms. The Morgan fingerprint density at radius 3 is 3.00 bits per heavy atom. The van der Waals surface area contributed by atoms with Crippen molar-refractivity contribution in [2.24, 2.45) is 0 Å². The number of ether oxygens (including phenoxy) is 1. The molecule has 1 aromatic heterocycles. The van der Waals surface area contributed by atoms with Gasteiger partial charge in [-0.2, -0.15) is 0 Å². The van der Waals surface area contributed by atoms with Gasteiger partial charge in [0.05, 0.1) is 11.6 Å². The van der Waals surface area contributed by atoms with Crippen LogP contribution >= 0.6 is 22.9 Å². The van der Waals surface area contributed by atoms with Crippen molar-refractivity contribution < 1.29 is 4.74 Å². The second-order valence-corrected chi connectivity index (χ2v) is 5.11. The van der Waals surface area contributed by atoms with Crippen molar-refractivity contribution in [3.63, 3.8) is 0 Å². The van der Waals surface area contributed by atoms with E-state index >= 15 is 0 Å². The first-order chi connectivity index (χ1) is 8.79. The first-order valence-corrected chi connectivity index (χ1v) is 7.10. The Hall–Kier alpha value is -1.26. The van der Waals surface area contributed by atoms with E-state index in [4.69, 9.17) is 16.3 Å². The van der Waals surface area contributed by atoms with Crippen LogP contribution in [-0.4, -0.2) is 11.6 Å². The average molecular weight is 283 g/mol. The highest BCUT2D eigenvalue weighted by molar-refractivity contribution is 7.13. The summed E-state index contributed by atoms with van der Waals surface area (Å²) in [5.41, 5.74) is 1.11. The predicted octanol–water partition coefficient (Wildman–Crippen LogP) is 4.20. The van der Waals surface area contributed by atoms with Gasteiger partial charge in [0, 0.05) is 18.1 Å². The minimum Gasteiger partial charge on any atom is -0.492 e. The Balaban J connectivity index is 1.95. The van der Waals surface area contributed by atoms with Crippen LogP contribution in [0.5, 0.6) is 5.75 Å². The van der Waals surface area contributed by atoms with Crippen LogP contribution in [0, 0.1) is 0 Å². The van der Waals surface area contributed by atoms with E-state index in [1.54, 1.807) is 17.5 Å². The van der Waals surface area contributed by atoms with E-state index in [-0.39, 0.29) is 0 Å². The Labute approximate surface area is 116 Å². The molecule has 1 aromatic carbocycles. The number of hydrogen-bond donors (Lipinski definition) is 1. The summed E-state index contributed by atoms with van der Waals surface area (Å²) in [5, 5.41) is 6.75. The normalized spacial score (nSPS) is 10.3. The highest BCUT2D eigenvalue weighted by atomic mass is 35.5. The molecule has 0 aliphatic carbocycles. The van der Waals surface area contributed by atoms with E-state index in [1.165, 1.54) is 0 Å². The van der Waals surface area contributed by atoms with E-state index in [0.717, 1.165) is 22.9 Å². The lowest BCUT2D eigenvalue weighted by molar-refractivity contribution is 0.317. The molecular formula is C13H15ClN2OS. The maximum atomic E-state index is 6.16. The fraction of sp³-hybridized carbons (Fsp3) is 0.308. The zero-order chi connectivity index (χ0) is 12.8. The molecule has 0 unspecified atom stereocenters. The van der Waals surface area contributed by atoms with Gasteiger partial charge in [0.15, 0.2) is 5.13 Å². The van der Waals surface area contributed by atoms with Crippen molar-refractivity contribution in [1.82, 2.24) is 4.98 Å². The molecule has 3 nitrogen and oxygen atoms in total. The lowest BCUT2D eigenvalue weighted by Gasteiger charge is -2.09. The molecule has 1 heterocycles. The molecule has 0 saturated carbocycles. The molecule has 0 radical (unpaired) electrons. The molecule has 0 saturated heterocycles. The molecular weight excluding hydrogens is 268 g/mol. The average Bonchev–Trinajstić information content (AvgIpc) is 2.88. The van der Waals surface area contributed by atoms with Gasteiger partial charge in [-0.15, -0.1) is 11.3 Å². The summed E-state index contributed by atoms with van der Waals surface area (Å²) in [4.78, 5) is 4.16. The van der Waals surface area contributed by atoms with Crippen molar-refractivity contribution in [2.75, 3.05) is 11.9 Å². The van der Waals surface area contributed by atoms with Crippen LogP contribution in [0.2, 0.25) is 5.02 Å². The number of nitrogens with one attached hydrogen (secondary N) is 1. The molecule has 1 N–H and O–H groups in total. The monoisotopic (exact) mass is 282 g/mol. The summed E-state index contributed by atoms with van der Waals surface area (Å²) in [7, 11) is 0. The molecule has 0 atom stereocenters. The molecule has 0 amide bonds. The first-order valence-electron chi connectivity index (χ1n) is 5.84. The highest BCUT2D eigenvalue weighted by Gasteiger charge is 2.03. The lowest BCUT2D eigenvalue weighted by atomic mass is 10.2. The number of benzene rings is 1. The van der Waals surface area contributed by atoms with Crippen LogP contribution < -0.4 is 10.1 Å². The van der Waals surface area contributed by atoms with E-state index in [2.05, 4.69) is 17.2 Å². The Morgan fingerprint density at radius 2 is 2.33 bits per heavy atom. The first kappa shape index (κ1) is 13.2. The smallest absolute Gasteiger partial charge is 0.182 e. The lowest BCUT2D eigenvalue weighted by Crippen LogP contribution is -2.00. The van der Waals surface area contributed by atoms with E-state index in [1.807, 2.05) is 23.6 Å². The highest BCUT2D eigenvalue weighted by Crippen LogP contribution is 2.26. The molecule has 96 valence electrons. The molecule has 2 aromatic rings. The molecule has 0 bridgehead atoms. The van der Waals surface area contributed by atoms with Crippen LogP contribution in [0.3, 0.4) is 0 Å². The Bertz CT molecular complexity index is 488. The minimum atomic E-state index is 0.655. The van der Waals surface area contributed by atoms with Gasteiger partial charge in [-0.05, 0) is 24.1 Å². The summed E-state index contributed by atoms with van der Waals surface area (Å²) < 4.78 is 5.53. The molecule has 0 aliphatic heterocycles. The molecule has 0 spiro atoms. The summed E-state index contributed by atoms with van der Waals surface area (Å²) in [5.74, 6) is 0.747. The van der Waals surface area contributed by atoms with Crippen molar-refractivity contribution >= 4 is 28.1 Å².